The molecule has 1 saturated heterocycles. The molecule has 0 bridgehead atoms. The Balaban J connectivity index is 1.90. The third kappa shape index (κ3) is 4.10. The zero-order valence-electron chi connectivity index (χ0n) is 15.3. The second kappa shape index (κ2) is 8.30. The van der Waals surface area contributed by atoms with Crippen molar-refractivity contribution in [2.24, 2.45) is 0 Å². The lowest BCUT2D eigenvalue weighted by molar-refractivity contribution is -0.120. The van der Waals surface area contributed by atoms with E-state index in [1.165, 1.54) is 24.0 Å². The number of aryl methyl sites for hydroxylation is 1. The maximum absolute atomic E-state index is 12.4. The SMILES string of the molecule is CCCc1ccc(C2CCCCN2N(C(C)=O)c2ccccc2)cc1. The van der Waals surface area contributed by atoms with E-state index < -0.39 is 0 Å². The van der Waals surface area contributed by atoms with Gasteiger partial charge >= 0.3 is 0 Å². The molecule has 1 fully saturated rings. The molecule has 0 radical (unpaired) electrons. The predicted octanol–water partition coefficient (Wildman–Crippen LogP) is 5.13. The summed E-state index contributed by atoms with van der Waals surface area (Å²) in [6.45, 7) is 4.78. The molecule has 0 N–H and O–H groups in total. The van der Waals surface area contributed by atoms with Crippen LogP contribution < -0.4 is 5.01 Å². The zero-order chi connectivity index (χ0) is 17.6. The van der Waals surface area contributed by atoms with E-state index in [0.717, 1.165) is 31.5 Å². The van der Waals surface area contributed by atoms with Gasteiger partial charge in [-0.05, 0) is 42.5 Å². The van der Waals surface area contributed by atoms with Crippen molar-refractivity contribution >= 4 is 11.6 Å². The van der Waals surface area contributed by atoms with E-state index in [9.17, 15) is 4.79 Å². The van der Waals surface area contributed by atoms with E-state index in [1.807, 2.05) is 35.3 Å². The summed E-state index contributed by atoms with van der Waals surface area (Å²) in [6.07, 6.45) is 5.71. The number of carbonyl (C=O) groups is 1. The third-order valence-corrected chi connectivity index (χ3v) is 4.93. The zero-order valence-corrected chi connectivity index (χ0v) is 15.3. The number of hydrogen-bond acceptors (Lipinski definition) is 2. The van der Waals surface area contributed by atoms with E-state index in [0.29, 0.717) is 0 Å². The van der Waals surface area contributed by atoms with Gasteiger partial charge in [-0.2, -0.15) is 0 Å². The number of amides is 1. The summed E-state index contributed by atoms with van der Waals surface area (Å²) in [5.74, 6) is 0.0701. The average Bonchev–Trinajstić information content (AvgIpc) is 2.64. The smallest absolute Gasteiger partial charge is 0.238 e. The molecule has 2 aromatic rings. The van der Waals surface area contributed by atoms with Gasteiger partial charge in [0.15, 0.2) is 0 Å². The molecule has 2 aromatic carbocycles. The van der Waals surface area contributed by atoms with Crippen LogP contribution in [-0.2, 0) is 11.2 Å². The normalized spacial score (nSPS) is 18.1. The maximum Gasteiger partial charge on any atom is 0.238 e. The van der Waals surface area contributed by atoms with Crippen molar-refractivity contribution in [2.75, 3.05) is 11.6 Å². The molecule has 1 atom stereocenters. The Morgan fingerprint density at radius 1 is 1.08 bits per heavy atom. The van der Waals surface area contributed by atoms with Crippen LogP contribution in [0.2, 0.25) is 0 Å². The highest BCUT2D eigenvalue weighted by Gasteiger charge is 2.31. The van der Waals surface area contributed by atoms with Crippen molar-refractivity contribution in [3.05, 3.63) is 65.7 Å². The summed E-state index contributed by atoms with van der Waals surface area (Å²) in [6, 6.07) is 19.2. The molecule has 1 unspecified atom stereocenters. The fraction of sp³-hybridized carbons (Fsp3) is 0.409. The number of carbonyl (C=O) groups excluding carboxylic acids is 1. The molecular formula is C22H28N2O. The minimum absolute atomic E-state index is 0.0701. The van der Waals surface area contributed by atoms with Crippen LogP contribution in [0.3, 0.4) is 0 Å². The molecule has 0 spiro atoms. The van der Waals surface area contributed by atoms with E-state index in [-0.39, 0.29) is 11.9 Å². The summed E-state index contributed by atoms with van der Waals surface area (Å²) >= 11 is 0. The van der Waals surface area contributed by atoms with Gasteiger partial charge in [-0.3, -0.25) is 4.79 Å². The number of piperidine rings is 1. The van der Waals surface area contributed by atoms with E-state index in [2.05, 4.69) is 36.2 Å². The summed E-state index contributed by atoms with van der Waals surface area (Å²) in [5.41, 5.74) is 3.64. The molecular weight excluding hydrogens is 308 g/mol. The molecule has 3 nitrogen and oxygen atoms in total. The summed E-state index contributed by atoms with van der Waals surface area (Å²) < 4.78 is 0. The number of nitrogens with zero attached hydrogens (tertiary/aromatic N) is 2. The van der Waals surface area contributed by atoms with Crippen LogP contribution in [0.15, 0.2) is 54.6 Å². The van der Waals surface area contributed by atoms with Gasteiger partial charge in [-0.15, -0.1) is 0 Å². The van der Waals surface area contributed by atoms with Crippen LogP contribution in [0.5, 0.6) is 0 Å². The third-order valence-electron chi connectivity index (χ3n) is 4.93. The van der Waals surface area contributed by atoms with Gasteiger partial charge in [0.1, 0.15) is 0 Å². The topological polar surface area (TPSA) is 23.6 Å². The first kappa shape index (κ1) is 17.7. The van der Waals surface area contributed by atoms with Crippen molar-refractivity contribution in [3.63, 3.8) is 0 Å². The number of para-hydroxylation sites is 1. The Morgan fingerprint density at radius 3 is 2.44 bits per heavy atom. The Morgan fingerprint density at radius 2 is 1.80 bits per heavy atom. The van der Waals surface area contributed by atoms with Crippen molar-refractivity contribution in [1.29, 1.82) is 0 Å². The highest BCUT2D eigenvalue weighted by atomic mass is 16.2. The molecule has 25 heavy (non-hydrogen) atoms. The van der Waals surface area contributed by atoms with Crippen molar-refractivity contribution in [1.82, 2.24) is 5.01 Å². The Bertz CT molecular complexity index is 681. The number of hydrogen-bond donors (Lipinski definition) is 0. The quantitative estimate of drug-likeness (QED) is 0.755. The van der Waals surface area contributed by atoms with Gasteiger partial charge in [0, 0.05) is 13.5 Å². The molecule has 1 amide bonds. The van der Waals surface area contributed by atoms with Crippen molar-refractivity contribution in [3.8, 4) is 0 Å². The highest BCUT2D eigenvalue weighted by Crippen LogP contribution is 2.34. The molecule has 3 rings (SSSR count). The van der Waals surface area contributed by atoms with E-state index >= 15 is 0 Å². The van der Waals surface area contributed by atoms with Crippen LogP contribution in [-0.4, -0.2) is 17.5 Å². The second-order valence-corrected chi connectivity index (χ2v) is 6.83. The Hall–Kier alpha value is -2.13. The van der Waals surface area contributed by atoms with Crippen LogP contribution >= 0.6 is 0 Å². The first-order valence-electron chi connectivity index (χ1n) is 9.42. The van der Waals surface area contributed by atoms with Crippen LogP contribution in [0.25, 0.3) is 0 Å². The van der Waals surface area contributed by atoms with Crippen molar-refractivity contribution < 1.29 is 4.79 Å². The summed E-state index contributed by atoms with van der Waals surface area (Å²) in [5, 5.41) is 4.12. The minimum Gasteiger partial charge on any atom is -0.273 e. The molecule has 3 heteroatoms. The number of benzene rings is 2. The Kier molecular flexibility index (Phi) is 5.87. The van der Waals surface area contributed by atoms with E-state index in [1.54, 1.807) is 6.92 Å². The van der Waals surface area contributed by atoms with Gasteiger partial charge < -0.3 is 0 Å². The molecule has 1 aliphatic rings. The van der Waals surface area contributed by atoms with Crippen LogP contribution in [0.4, 0.5) is 5.69 Å². The first-order valence-corrected chi connectivity index (χ1v) is 9.42. The molecule has 0 aromatic heterocycles. The monoisotopic (exact) mass is 336 g/mol. The molecule has 1 heterocycles. The predicted molar refractivity (Wildman–Crippen MR) is 103 cm³/mol. The van der Waals surface area contributed by atoms with Gasteiger partial charge in [0.2, 0.25) is 5.91 Å². The van der Waals surface area contributed by atoms with E-state index in [4.69, 9.17) is 0 Å². The molecule has 0 saturated carbocycles. The Labute approximate surface area is 151 Å². The largest absolute Gasteiger partial charge is 0.273 e. The van der Waals surface area contributed by atoms with Gasteiger partial charge in [-0.1, -0.05) is 62.2 Å². The fourth-order valence-corrected chi connectivity index (χ4v) is 3.77. The standard InChI is InChI=1S/C22H28N2O/c1-3-9-19-13-15-20(16-14-19)22-12-7-8-17-23(22)24(18(2)25)21-10-5-4-6-11-21/h4-6,10-11,13-16,22H,3,7-9,12,17H2,1-2H3. The second-order valence-electron chi connectivity index (χ2n) is 6.83. The first-order chi connectivity index (χ1) is 12.2. The summed E-state index contributed by atoms with van der Waals surface area (Å²) in [4.78, 5) is 12.4. The lowest BCUT2D eigenvalue weighted by Gasteiger charge is -2.43. The highest BCUT2D eigenvalue weighted by molar-refractivity contribution is 5.90. The number of hydrazine groups is 1. The molecule has 1 aliphatic heterocycles. The number of rotatable bonds is 5. The maximum atomic E-state index is 12.4. The lowest BCUT2D eigenvalue weighted by atomic mass is 9.95. The van der Waals surface area contributed by atoms with Crippen molar-refractivity contribution in [2.45, 2.75) is 52.0 Å². The van der Waals surface area contributed by atoms with Gasteiger partial charge in [0.05, 0.1) is 11.7 Å². The van der Waals surface area contributed by atoms with Gasteiger partial charge in [-0.25, -0.2) is 10.0 Å². The molecule has 132 valence electrons. The number of anilines is 1. The average molecular weight is 336 g/mol. The lowest BCUT2D eigenvalue weighted by Crippen LogP contribution is -2.49. The van der Waals surface area contributed by atoms with Gasteiger partial charge in [0.25, 0.3) is 0 Å². The van der Waals surface area contributed by atoms with Crippen LogP contribution in [0, 0.1) is 0 Å². The van der Waals surface area contributed by atoms with Crippen LogP contribution in [0.1, 0.15) is 56.7 Å². The summed E-state index contributed by atoms with van der Waals surface area (Å²) in [7, 11) is 0. The minimum atomic E-state index is 0.0701. The fourth-order valence-electron chi connectivity index (χ4n) is 3.77. The molecule has 0 aliphatic carbocycles.